The van der Waals surface area contributed by atoms with E-state index in [1.54, 1.807) is 42.2 Å². The minimum Gasteiger partial charge on any atom is -0.339 e. The van der Waals surface area contributed by atoms with Gasteiger partial charge in [0.25, 0.3) is 5.91 Å². The van der Waals surface area contributed by atoms with Gasteiger partial charge in [0, 0.05) is 25.2 Å². The standard InChI is InChI=1S/C25H25FN6O4/c1-25(22(33)29-23(34)30-25)18-8-2-5-15(11-18)13-27-24(35)32-10-4-7-17(14-32)21-28-20(31-36-21)16-6-3-9-19(26)12-16/h2-3,5-6,8-9,11-12,17H,4,7,10,13-14H2,1H3,(H,27,35)(H2,29,30,33,34). The van der Waals surface area contributed by atoms with Crippen molar-refractivity contribution in [2.24, 2.45) is 0 Å². The second kappa shape index (κ2) is 9.40. The van der Waals surface area contributed by atoms with Crippen molar-refractivity contribution in [1.29, 1.82) is 0 Å². The lowest BCUT2D eigenvalue weighted by molar-refractivity contribution is -0.123. The largest absolute Gasteiger partial charge is 0.339 e. The fourth-order valence-corrected chi connectivity index (χ4v) is 4.54. The Morgan fingerprint density at radius 1 is 1.25 bits per heavy atom. The summed E-state index contributed by atoms with van der Waals surface area (Å²) in [5.74, 6) is -0.187. The lowest BCUT2D eigenvalue weighted by Crippen LogP contribution is -2.44. The predicted octanol–water partition coefficient (Wildman–Crippen LogP) is 3.02. The topological polar surface area (TPSA) is 129 Å². The number of nitrogens with zero attached hydrogens (tertiary/aromatic N) is 3. The number of carbonyl (C=O) groups excluding carboxylic acids is 3. The van der Waals surface area contributed by atoms with Crippen molar-refractivity contribution in [2.45, 2.75) is 37.8 Å². The summed E-state index contributed by atoms with van der Waals surface area (Å²) in [6.45, 7) is 2.90. The molecule has 2 aromatic carbocycles. The normalized spacial score (nSPS) is 21.7. The molecule has 0 aliphatic carbocycles. The van der Waals surface area contributed by atoms with Crippen LogP contribution in [0.5, 0.6) is 0 Å². The Kier molecular flexibility index (Phi) is 6.13. The zero-order valence-electron chi connectivity index (χ0n) is 19.6. The van der Waals surface area contributed by atoms with Crippen LogP contribution in [0.2, 0.25) is 0 Å². The molecule has 10 nitrogen and oxygen atoms in total. The third-order valence-corrected chi connectivity index (χ3v) is 6.58. The Bertz CT molecular complexity index is 1330. The Morgan fingerprint density at radius 2 is 2.08 bits per heavy atom. The summed E-state index contributed by atoms with van der Waals surface area (Å²) in [4.78, 5) is 42.9. The van der Waals surface area contributed by atoms with Crippen LogP contribution in [0.3, 0.4) is 0 Å². The average Bonchev–Trinajstić information content (AvgIpc) is 3.47. The Hall–Kier alpha value is -4.28. The van der Waals surface area contributed by atoms with E-state index in [1.807, 2.05) is 6.07 Å². The van der Waals surface area contributed by atoms with Crippen LogP contribution < -0.4 is 16.0 Å². The molecule has 2 atom stereocenters. The maximum Gasteiger partial charge on any atom is 0.322 e. The van der Waals surface area contributed by atoms with Crippen molar-refractivity contribution in [3.8, 4) is 11.4 Å². The lowest BCUT2D eigenvalue weighted by atomic mass is 9.91. The number of urea groups is 2. The van der Waals surface area contributed by atoms with Gasteiger partial charge in [0.15, 0.2) is 0 Å². The van der Waals surface area contributed by atoms with Crippen LogP contribution in [0, 0.1) is 5.82 Å². The monoisotopic (exact) mass is 492 g/mol. The number of aromatic nitrogens is 2. The van der Waals surface area contributed by atoms with E-state index in [1.165, 1.54) is 12.1 Å². The van der Waals surface area contributed by atoms with Gasteiger partial charge in [0.2, 0.25) is 11.7 Å². The van der Waals surface area contributed by atoms with E-state index in [9.17, 15) is 18.8 Å². The molecule has 5 rings (SSSR count). The third-order valence-electron chi connectivity index (χ3n) is 6.58. The number of hydrogen-bond acceptors (Lipinski definition) is 6. The highest BCUT2D eigenvalue weighted by atomic mass is 19.1. The molecule has 2 aliphatic rings. The van der Waals surface area contributed by atoms with Crippen LogP contribution in [0.25, 0.3) is 11.4 Å². The van der Waals surface area contributed by atoms with E-state index in [0.29, 0.717) is 35.9 Å². The van der Waals surface area contributed by atoms with E-state index in [4.69, 9.17) is 4.52 Å². The minimum atomic E-state index is -1.16. The first-order valence-corrected chi connectivity index (χ1v) is 11.7. The maximum absolute atomic E-state index is 13.5. The zero-order chi connectivity index (χ0) is 25.3. The highest BCUT2D eigenvalue weighted by Gasteiger charge is 2.43. The van der Waals surface area contributed by atoms with Crippen molar-refractivity contribution >= 4 is 18.0 Å². The second-order valence-corrected chi connectivity index (χ2v) is 9.14. The first-order valence-electron chi connectivity index (χ1n) is 11.7. The summed E-state index contributed by atoms with van der Waals surface area (Å²) < 4.78 is 19.0. The Labute approximate surface area is 206 Å². The summed E-state index contributed by atoms with van der Waals surface area (Å²) in [6, 6.07) is 12.4. The fraction of sp³-hybridized carbons (Fsp3) is 0.320. The molecule has 2 unspecified atom stereocenters. The van der Waals surface area contributed by atoms with Gasteiger partial charge < -0.3 is 20.1 Å². The van der Waals surface area contributed by atoms with Crippen LogP contribution >= 0.6 is 0 Å². The number of amides is 5. The molecule has 11 heteroatoms. The molecule has 5 amide bonds. The molecule has 0 saturated carbocycles. The maximum atomic E-state index is 13.5. The van der Waals surface area contributed by atoms with E-state index in [0.717, 1.165) is 18.4 Å². The van der Waals surface area contributed by atoms with E-state index >= 15 is 0 Å². The summed E-state index contributed by atoms with van der Waals surface area (Å²) >= 11 is 0. The molecule has 3 aromatic rings. The molecule has 186 valence electrons. The molecule has 0 radical (unpaired) electrons. The number of benzene rings is 2. The summed E-state index contributed by atoms with van der Waals surface area (Å²) in [5, 5.41) is 11.8. The third kappa shape index (κ3) is 4.64. The van der Waals surface area contributed by atoms with Crippen molar-refractivity contribution in [3.05, 3.63) is 71.4 Å². The molecule has 2 saturated heterocycles. The van der Waals surface area contributed by atoms with Gasteiger partial charge in [-0.3, -0.25) is 10.1 Å². The predicted molar refractivity (Wildman–Crippen MR) is 126 cm³/mol. The summed E-state index contributed by atoms with van der Waals surface area (Å²) in [7, 11) is 0. The van der Waals surface area contributed by atoms with Gasteiger partial charge in [-0.2, -0.15) is 4.98 Å². The number of nitrogens with one attached hydrogen (secondary N) is 3. The molecule has 3 N–H and O–H groups in total. The van der Waals surface area contributed by atoms with E-state index in [2.05, 4.69) is 26.1 Å². The van der Waals surface area contributed by atoms with Crippen molar-refractivity contribution in [1.82, 2.24) is 31.0 Å². The molecule has 36 heavy (non-hydrogen) atoms. The van der Waals surface area contributed by atoms with Gasteiger partial charge in [0.05, 0.1) is 5.92 Å². The first kappa shape index (κ1) is 23.5. The molecular formula is C25H25FN6O4. The lowest BCUT2D eigenvalue weighted by Gasteiger charge is -2.31. The van der Waals surface area contributed by atoms with Gasteiger partial charge in [-0.15, -0.1) is 0 Å². The minimum absolute atomic E-state index is 0.118. The Balaban J connectivity index is 1.21. The fourth-order valence-electron chi connectivity index (χ4n) is 4.54. The Morgan fingerprint density at radius 3 is 2.86 bits per heavy atom. The van der Waals surface area contributed by atoms with Crippen LogP contribution in [-0.2, 0) is 16.9 Å². The van der Waals surface area contributed by atoms with Crippen molar-refractivity contribution in [3.63, 3.8) is 0 Å². The van der Waals surface area contributed by atoms with Crippen LogP contribution in [0.15, 0.2) is 53.1 Å². The molecule has 2 aliphatic heterocycles. The molecule has 2 fully saturated rings. The smallest absolute Gasteiger partial charge is 0.322 e. The van der Waals surface area contributed by atoms with Gasteiger partial charge in [-0.25, -0.2) is 14.0 Å². The number of rotatable bonds is 5. The number of halogens is 1. The highest BCUT2D eigenvalue weighted by molar-refractivity contribution is 6.07. The summed E-state index contributed by atoms with van der Waals surface area (Å²) in [6.07, 6.45) is 1.57. The number of piperidine rings is 1. The molecule has 1 aromatic heterocycles. The average molecular weight is 493 g/mol. The number of carbonyl (C=O) groups is 3. The zero-order valence-corrected chi connectivity index (χ0v) is 19.6. The van der Waals surface area contributed by atoms with E-state index < -0.39 is 17.5 Å². The van der Waals surface area contributed by atoms with Gasteiger partial charge >= 0.3 is 12.1 Å². The number of imide groups is 1. The van der Waals surface area contributed by atoms with Crippen molar-refractivity contribution < 1.29 is 23.3 Å². The molecular weight excluding hydrogens is 467 g/mol. The highest BCUT2D eigenvalue weighted by Crippen LogP contribution is 2.28. The van der Waals surface area contributed by atoms with E-state index in [-0.39, 0.29) is 24.3 Å². The molecule has 0 spiro atoms. The SMILES string of the molecule is CC1(c2cccc(CNC(=O)N3CCCC(c4nc(-c5cccc(F)c5)no4)C3)c2)NC(=O)NC1=O. The second-order valence-electron chi connectivity index (χ2n) is 9.14. The van der Waals surface area contributed by atoms with Gasteiger partial charge in [-0.05, 0) is 43.0 Å². The van der Waals surface area contributed by atoms with Crippen molar-refractivity contribution in [2.75, 3.05) is 13.1 Å². The quantitative estimate of drug-likeness (QED) is 0.470. The van der Waals surface area contributed by atoms with Crippen LogP contribution in [0.4, 0.5) is 14.0 Å². The van der Waals surface area contributed by atoms with Crippen LogP contribution in [0.1, 0.15) is 42.7 Å². The molecule has 3 heterocycles. The molecule has 0 bridgehead atoms. The number of hydrogen-bond donors (Lipinski definition) is 3. The number of likely N-dealkylation sites (tertiary alicyclic amines) is 1. The van der Waals surface area contributed by atoms with Gasteiger partial charge in [-0.1, -0.05) is 41.6 Å². The summed E-state index contributed by atoms with van der Waals surface area (Å²) in [5.41, 5.74) is 0.787. The van der Waals surface area contributed by atoms with Crippen LogP contribution in [-0.4, -0.2) is 46.1 Å². The van der Waals surface area contributed by atoms with Gasteiger partial charge in [0.1, 0.15) is 11.4 Å². The first-order chi connectivity index (χ1) is 17.3.